The van der Waals surface area contributed by atoms with E-state index in [-0.39, 0.29) is 18.6 Å². The number of carbonyl (C=O) groups excluding carboxylic acids is 1. The molecule has 5 nitrogen and oxygen atoms in total. The first-order chi connectivity index (χ1) is 13.4. The summed E-state index contributed by atoms with van der Waals surface area (Å²) in [5.74, 6) is 3.20. The molecule has 1 saturated heterocycles. The average Bonchev–Trinajstić information content (AvgIpc) is 3.07. The summed E-state index contributed by atoms with van der Waals surface area (Å²) in [6.07, 6.45) is 2.36. The van der Waals surface area contributed by atoms with Crippen molar-refractivity contribution in [1.29, 1.82) is 0 Å². The van der Waals surface area contributed by atoms with Crippen LogP contribution >= 0.6 is 0 Å². The number of benzene rings is 1. The molecule has 1 aromatic heterocycles. The number of carbonyl (C=O) groups is 1. The monoisotopic (exact) mass is 384 g/mol. The zero-order valence-electron chi connectivity index (χ0n) is 17.5. The predicted molar refractivity (Wildman–Crippen MR) is 111 cm³/mol. The van der Waals surface area contributed by atoms with Crippen molar-refractivity contribution in [2.45, 2.75) is 46.6 Å². The second-order valence-electron chi connectivity index (χ2n) is 8.10. The van der Waals surface area contributed by atoms with Crippen molar-refractivity contribution in [2.75, 3.05) is 26.2 Å². The van der Waals surface area contributed by atoms with Crippen molar-refractivity contribution < 1.29 is 13.9 Å². The molecule has 0 radical (unpaired) electrons. The molecule has 1 aromatic carbocycles. The van der Waals surface area contributed by atoms with Crippen LogP contribution in [0.5, 0.6) is 5.75 Å². The van der Waals surface area contributed by atoms with Crippen LogP contribution in [0.25, 0.3) is 0 Å². The van der Waals surface area contributed by atoms with Crippen LogP contribution in [0.4, 0.5) is 0 Å². The third-order valence-corrected chi connectivity index (χ3v) is 5.41. The fourth-order valence-corrected chi connectivity index (χ4v) is 3.81. The summed E-state index contributed by atoms with van der Waals surface area (Å²) >= 11 is 0. The van der Waals surface area contributed by atoms with Crippen molar-refractivity contribution in [2.24, 2.45) is 5.92 Å². The minimum atomic E-state index is -0.113. The maximum atomic E-state index is 12.4. The predicted octanol–water partition coefficient (Wildman–Crippen LogP) is 4.17. The second-order valence-corrected chi connectivity index (χ2v) is 8.10. The molecule has 0 spiro atoms. The molecule has 28 heavy (non-hydrogen) atoms. The van der Waals surface area contributed by atoms with Gasteiger partial charge in [-0.25, -0.2) is 0 Å². The van der Waals surface area contributed by atoms with Crippen LogP contribution in [0, 0.1) is 26.7 Å². The average molecular weight is 385 g/mol. The quantitative estimate of drug-likeness (QED) is 0.778. The summed E-state index contributed by atoms with van der Waals surface area (Å²) in [5.41, 5.74) is 2.26. The zero-order valence-corrected chi connectivity index (χ0v) is 17.5. The van der Waals surface area contributed by atoms with E-state index in [1.807, 2.05) is 45.0 Å². The standard InChI is InChI=1S/C23H32N2O3/c1-16-7-9-25(10-8-16)21(22-6-5-19(4)28-22)14-24-23(26)15-27-20-12-17(2)11-18(3)13-20/h5-6,11-13,16,21H,7-10,14-15H2,1-4H3,(H,24,26)/t21-/m0/s1. The Kier molecular flexibility index (Phi) is 6.79. The summed E-state index contributed by atoms with van der Waals surface area (Å²) in [5, 5.41) is 3.03. The number of nitrogens with one attached hydrogen (secondary N) is 1. The molecule has 1 fully saturated rings. The van der Waals surface area contributed by atoms with Crippen LogP contribution in [0.1, 0.15) is 48.5 Å². The highest BCUT2D eigenvalue weighted by Crippen LogP contribution is 2.27. The topological polar surface area (TPSA) is 54.7 Å². The van der Waals surface area contributed by atoms with Gasteiger partial charge in [-0.3, -0.25) is 9.69 Å². The lowest BCUT2D eigenvalue weighted by Crippen LogP contribution is -2.42. The number of nitrogens with zero attached hydrogens (tertiary/aromatic N) is 1. The van der Waals surface area contributed by atoms with Crippen LogP contribution < -0.4 is 10.1 Å². The number of hydrogen-bond donors (Lipinski definition) is 1. The number of piperidine rings is 1. The molecule has 5 heteroatoms. The first-order valence-electron chi connectivity index (χ1n) is 10.2. The number of amides is 1. The van der Waals surface area contributed by atoms with Crippen molar-refractivity contribution in [3.8, 4) is 5.75 Å². The summed E-state index contributed by atoms with van der Waals surface area (Å²) in [7, 11) is 0. The Morgan fingerprint density at radius 1 is 1.18 bits per heavy atom. The Hall–Kier alpha value is -2.27. The van der Waals surface area contributed by atoms with E-state index in [1.54, 1.807) is 0 Å². The van der Waals surface area contributed by atoms with Gasteiger partial charge in [-0.2, -0.15) is 0 Å². The minimum absolute atomic E-state index is 0.0177. The maximum Gasteiger partial charge on any atom is 0.258 e. The Morgan fingerprint density at radius 3 is 2.46 bits per heavy atom. The van der Waals surface area contributed by atoms with Gasteiger partial charge in [0.2, 0.25) is 0 Å². The van der Waals surface area contributed by atoms with Crippen molar-refractivity contribution >= 4 is 5.91 Å². The number of furan rings is 1. The Morgan fingerprint density at radius 2 is 1.86 bits per heavy atom. The van der Waals surface area contributed by atoms with Gasteiger partial charge in [-0.1, -0.05) is 13.0 Å². The molecule has 1 aliphatic heterocycles. The first kappa shape index (κ1) is 20.5. The van der Waals surface area contributed by atoms with Gasteiger partial charge < -0.3 is 14.5 Å². The minimum Gasteiger partial charge on any atom is -0.484 e. The van der Waals surface area contributed by atoms with E-state index in [2.05, 4.69) is 23.2 Å². The lowest BCUT2D eigenvalue weighted by atomic mass is 9.97. The zero-order chi connectivity index (χ0) is 20.1. The van der Waals surface area contributed by atoms with Crippen molar-refractivity contribution in [3.63, 3.8) is 0 Å². The third-order valence-electron chi connectivity index (χ3n) is 5.41. The molecule has 0 saturated carbocycles. The molecule has 0 aliphatic carbocycles. The normalized spacial score (nSPS) is 16.7. The molecular weight excluding hydrogens is 352 g/mol. The van der Waals surface area contributed by atoms with Crippen LogP contribution in [0.3, 0.4) is 0 Å². The van der Waals surface area contributed by atoms with E-state index in [1.165, 1.54) is 12.8 Å². The molecule has 1 aliphatic rings. The molecule has 1 amide bonds. The number of likely N-dealkylation sites (tertiary alicyclic amines) is 1. The van der Waals surface area contributed by atoms with Gasteiger partial charge in [0.05, 0.1) is 6.04 Å². The highest BCUT2D eigenvalue weighted by molar-refractivity contribution is 5.77. The fourth-order valence-electron chi connectivity index (χ4n) is 3.81. The third kappa shape index (κ3) is 5.61. The molecule has 2 heterocycles. The molecule has 0 unspecified atom stereocenters. The fraction of sp³-hybridized carbons (Fsp3) is 0.522. The highest BCUT2D eigenvalue weighted by atomic mass is 16.5. The van der Waals surface area contributed by atoms with Crippen molar-refractivity contribution in [1.82, 2.24) is 10.2 Å². The number of rotatable bonds is 7. The van der Waals surface area contributed by atoms with Gasteiger partial charge in [0, 0.05) is 6.54 Å². The number of hydrogen-bond acceptors (Lipinski definition) is 4. The second kappa shape index (κ2) is 9.28. The summed E-state index contributed by atoms with van der Waals surface area (Å²) in [6, 6.07) is 10.1. The van der Waals surface area contributed by atoms with Crippen LogP contribution in [0.2, 0.25) is 0 Å². The lowest BCUT2D eigenvalue weighted by Gasteiger charge is -2.35. The SMILES string of the molecule is Cc1cc(C)cc(OCC(=O)NC[C@@H](c2ccc(C)o2)N2CCC(C)CC2)c1. The van der Waals surface area contributed by atoms with Gasteiger partial charge in [0.1, 0.15) is 17.3 Å². The van der Waals surface area contributed by atoms with Crippen LogP contribution in [0.15, 0.2) is 34.7 Å². The van der Waals surface area contributed by atoms with Crippen molar-refractivity contribution in [3.05, 3.63) is 53.0 Å². The summed E-state index contributed by atoms with van der Waals surface area (Å²) < 4.78 is 11.6. The smallest absolute Gasteiger partial charge is 0.258 e. The molecule has 1 atom stereocenters. The molecule has 0 bridgehead atoms. The first-order valence-corrected chi connectivity index (χ1v) is 10.2. The Labute approximate surface area is 168 Å². The van der Waals surface area contributed by atoms with Gasteiger partial charge in [0.25, 0.3) is 5.91 Å². The maximum absolute atomic E-state index is 12.4. The largest absolute Gasteiger partial charge is 0.484 e. The molecule has 3 rings (SSSR count). The van der Waals surface area contributed by atoms with E-state index >= 15 is 0 Å². The molecular formula is C23H32N2O3. The van der Waals surface area contributed by atoms with Crippen LogP contribution in [-0.4, -0.2) is 37.0 Å². The Balaban J connectivity index is 1.57. The lowest BCUT2D eigenvalue weighted by molar-refractivity contribution is -0.123. The molecule has 2 aromatic rings. The van der Waals surface area contributed by atoms with E-state index < -0.39 is 0 Å². The van der Waals surface area contributed by atoms with E-state index in [4.69, 9.17) is 9.15 Å². The van der Waals surface area contributed by atoms with Gasteiger partial charge in [0.15, 0.2) is 6.61 Å². The Bertz CT molecular complexity index is 771. The van der Waals surface area contributed by atoms with Gasteiger partial charge >= 0.3 is 0 Å². The molecule has 1 N–H and O–H groups in total. The molecule has 152 valence electrons. The summed E-state index contributed by atoms with van der Waals surface area (Å²) in [6.45, 7) is 10.9. The van der Waals surface area contributed by atoms with Gasteiger partial charge in [-0.15, -0.1) is 0 Å². The van der Waals surface area contributed by atoms with Gasteiger partial charge in [-0.05, 0) is 88.0 Å². The van der Waals surface area contributed by atoms with E-state index in [9.17, 15) is 4.79 Å². The number of aryl methyl sites for hydroxylation is 3. The van der Waals surface area contributed by atoms with Crippen LogP contribution in [-0.2, 0) is 4.79 Å². The summed E-state index contributed by atoms with van der Waals surface area (Å²) in [4.78, 5) is 14.8. The van der Waals surface area contributed by atoms with E-state index in [0.717, 1.165) is 47.4 Å². The highest BCUT2D eigenvalue weighted by Gasteiger charge is 2.27. The number of ether oxygens (including phenoxy) is 1. The van der Waals surface area contributed by atoms with E-state index in [0.29, 0.717) is 6.54 Å².